The first-order valence-corrected chi connectivity index (χ1v) is 6.32. The fraction of sp³-hybridized carbons (Fsp3) is 0.0625. The van der Waals surface area contributed by atoms with Gasteiger partial charge in [-0.05, 0) is 35.4 Å². The van der Waals surface area contributed by atoms with Crippen molar-refractivity contribution in [3.05, 3.63) is 70.2 Å². The van der Waals surface area contributed by atoms with Gasteiger partial charge in [0.25, 0.3) is 5.91 Å². The first kappa shape index (κ1) is 13.4. The largest absolute Gasteiger partial charge is 0.355 e. The molecule has 2 rings (SSSR count). The van der Waals surface area contributed by atoms with Crippen LogP contribution in [0.3, 0.4) is 0 Å². The van der Waals surface area contributed by atoms with Crippen LogP contribution in [0.1, 0.15) is 21.5 Å². The van der Waals surface area contributed by atoms with Gasteiger partial charge in [0, 0.05) is 17.6 Å². The van der Waals surface area contributed by atoms with Gasteiger partial charge in [-0.2, -0.15) is 0 Å². The lowest BCUT2D eigenvalue weighted by atomic mass is 10.1. The molecular formula is C16H14ClNO. The van der Waals surface area contributed by atoms with Crippen LogP contribution in [-0.2, 0) is 0 Å². The maximum atomic E-state index is 11.4. The Morgan fingerprint density at radius 3 is 1.89 bits per heavy atom. The predicted octanol–water partition coefficient (Wildman–Crippen LogP) is 3.87. The van der Waals surface area contributed by atoms with E-state index in [1.54, 1.807) is 19.2 Å². The first-order valence-electron chi connectivity index (χ1n) is 5.95. The smallest absolute Gasteiger partial charge is 0.251 e. The molecule has 0 aliphatic rings. The second-order valence-electron chi connectivity index (χ2n) is 4.09. The number of carbonyl (C=O) groups is 1. The van der Waals surface area contributed by atoms with Gasteiger partial charge in [0.2, 0.25) is 0 Å². The molecule has 2 nitrogen and oxygen atoms in total. The highest BCUT2D eigenvalue weighted by Gasteiger charge is 2.00. The topological polar surface area (TPSA) is 29.1 Å². The number of nitrogens with one attached hydrogen (secondary N) is 1. The SMILES string of the molecule is CNC(=O)c1ccc(/C=C/c2ccc(Cl)cc2)cc1. The van der Waals surface area contributed by atoms with E-state index in [9.17, 15) is 4.79 Å². The summed E-state index contributed by atoms with van der Waals surface area (Å²) in [6.45, 7) is 0. The lowest BCUT2D eigenvalue weighted by Crippen LogP contribution is -2.17. The molecule has 2 aromatic rings. The van der Waals surface area contributed by atoms with Crippen LogP contribution in [0.4, 0.5) is 0 Å². The van der Waals surface area contributed by atoms with Crippen molar-refractivity contribution in [3.63, 3.8) is 0 Å². The molecule has 96 valence electrons. The van der Waals surface area contributed by atoms with Crippen LogP contribution in [0.25, 0.3) is 12.2 Å². The van der Waals surface area contributed by atoms with E-state index in [2.05, 4.69) is 5.32 Å². The minimum atomic E-state index is -0.0757. The molecule has 19 heavy (non-hydrogen) atoms. The quantitative estimate of drug-likeness (QED) is 0.844. The highest BCUT2D eigenvalue weighted by atomic mass is 35.5. The molecule has 0 bridgehead atoms. The Hall–Kier alpha value is -2.06. The summed E-state index contributed by atoms with van der Waals surface area (Å²) >= 11 is 5.83. The Morgan fingerprint density at radius 2 is 1.42 bits per heavy atom. The number of rotatable bonds is 3. The maximum Gasteiger partial charge on any atom is 0.251 e. The predicted molar refractivity (Wildman–Crippen MR) is 80.2 cm³/mol. The fourth-order valence-corrected chi connectivity index (χ4v) is 1.78. The maximum absolute atomic E-state index is 11.4. The number of benzene rings is 2. The number of hydrogen-bond donors (Lipinski definition) is 1. The van der Waals surface area contributed by atoms with E-state index < -0.39 is 0 Å². The van der Waals surface area contributed by atoms with Crippen molar-refractivity contribution < 1.29 is 4.79 Å². The average molecular weight is 272 g/mol. The van der Waals surface area contributed by atoms with Crippen LogP contribution in [0.5, 0.6) is 0 Å². The first-order chi connectivity index (χ1) is 9.19. The van der Waals surface area contributed by atoms with Gasteiger partial charge in [0.1, 0.15) is 0 Å². The minimum absolute atomic E-state index is 0.0757. The van der Waals surface area contributed by atoms with E-state index in [0.717, 1.165) is 16.1 Å². The van der Waals surface area contributed by atoms with E-state index in [0.29, 0.717) is 5.56 Å². The van der Waals surface area contributed by atoms with Crippen molar-refractivity contribution in [2.45, 2.75) is 0 Å². The third-order valence-electron chi connectivity index (χ3n) is 2.74. The van der Waals surface area contributed by atoms with Crippen LogP contribution in [0, 0.1) is 0 Å². The number of carbonyl (C=O) groups excluding carboxylic acids is 1. The second-order valence-corrected chi connectivity index (χ2v) is 4.52. The van der Waals surface area contributed by atoms with Crippen LogP contribution in [0.2, 0.25) is 5.02 Å². The molecule has 0 heterocycles. The fourth-order valence-electron chi connectivity index (χ4n) is 1.66. The van der Waals surface area contributed by atoms with Crippen LogP contribution in [0.15, 0.2) is 48.5 Å². The Labute approximate surface area is 117 Å². The van der Waals surface area contributed by atoms with Gasteiger partial charge >= 0.3 is 0 Å². The van der Waals surface area contributed by atoms with Gasteiger partial charge in [-0.15, -0.1) is 0 Å². The van der Waals surface area contributed by atoms with Gasteiger partial charge in [-0.1, -0.05) is 48.0 Å². The summed E-state index contributed by atoms with van der Waals surface area (Å²) in [6, 6.07) is 15.1. The zero-order valence-corrected chi connectivity index (χ0v) is 11.3. The van der Waals surface area contributed by atoms with E-state index in [-0.39, 0.29) is 5.91 Å². The standard InChI is InChI=1S/C16H14ClNO/c1-18-16(19)14-8-4-12(5-9-14)2-3-13-6-10-15(17)11-7-13/h2-11H,1H3,(H,18,19)/b3-2+. The molecular weight excluding hydrogens is 258 g/mol. The lowest BCUT2D eigenvalue weighted by molar-refractivity contribution is 0.0963. The summed E-state index contributed by atoms with van der Waals surface area (Å²) in [7, 11) is 1.62. The van der Waals surface area contributed by atoms with Crippen molar-refractivity contribution in [2.24, 2.45) is 0 Å². The molecule has 1 N–H and O–H groups in total. The van der Waals surface area contributed by atoms with Crippen molar-refractivity contribution >= 4 is 29.7 Å². The molecule has 3 heteroatoms. The number of halogens is 1. The average Bonchev–Trinajstić information content (AvgIpc) is 2.46. The molecule has 1 amide bonds. The second kappa shape index (κ2) is 6.21. The summed E-state index contributed by atoms with van der Waals surface area (Å²) in [5.41, 5.74) is 2.79. The van der Waals surface area contributed by atoms with Crippen molar-refractivity contribution in [1.82, 2.24) is 5.32 Å². The zero-order chi connectivity index (χ0) is 13.7. The van der Waals surface area contributed by atoms with E-state index in [4.69, 9.17) is 11.6 Å². The summed E-state index contributed by atoms with van der Waals surface area (Å²) < 4.78 is 0. The Kier molecular flexibility index (Phi) is 4.37. The highest BCUT2D eigenvalue weighted by Crippen LogP contribution is 2.13. The molecule has 0 spiro atoms. The zero-order valence-electron chi connectivity index (χ0n) is 10.6. The molecule has 0 saturated heterocycles. The normalized spacial score (nSPS) is 10.6. The highest BCUT2D eigenvalue weighted by molar-refractivity contribution is 6.30. The van der Waals surface area contributed by atoms with E-state index in [1.807, 2.05) is 48.6 Å². The molecule has 0 unspecified atom stereocenters. The molecule has 0 aliphatic heterocycles. The summed E-state index contributed by atoms with van der Waals surface area (Å²) in [5.74, 6) is -0.0757. The molecule has 2 aromatic carbocycles. The number of hydrogen-bond acceptors (Lipinski definition) is 1. The molecule has 0 radical (unpaired) electrons. The summed E-state index contributed by atoms with van der Waals surface area (Å²) in [6.07, 6.45) is 4.00. The van der Waals surface area contributed by atoms with Crippen LogP contribution < -0.4 is 5.32 Å². The number of amides is 1. The Bertz CT molecular complexity index is 585. The van der Waals surface area contributed by atoms with E-state index >= 15 is 0 Å². The van der Waals surface area contributed by atoms with Gasteiger partial charge in [0.15, 0.2) is 0 Å². The van der Waals surface area contributed by atoms with Crippen LogP contribution in [-0.4, -0.2) is 13.0 Å². The van der Waals surface area contributed by atoms with Crippen molar-refractivity contribution in [2.75, 3.05) is 7.05 Å². The monoisotopic (exact) mass is 271 g/mol. The summed E-state index contributed by atoms with van der Waals surface area (Å²) in [5, 5.41) is 3.32. The molecule has 0 fully saturated rings. The Morgan fingerprint density at radius 1 is 0.947 bits per heavy atom. The van der Waals surface area contributed by atoms with Crippen molar-refractivity contribution in [3.8, 4) is 0 Å². The molecule has 0 saturated carbocycles. The summed E-state index contributed by atoms with van der Waals surface area (Å²) in [4.78, 5) is 11.4. The third-order valence-corrected chi connectivity index (χ3v) is 2.99. The Balaban J connectivity index is 2.11. The van der Waals surface area contributed by atoms with Gasteiger partial charge in [-0.25, -0.2) is 0 Å². The van der Waals surface area contributed by atoms with Gasteiger partial charge in [0.05, 0.1) is 0 Å². The van der Waals surface area contributed by atoms with Crippen molar-refractivity contribution in [1.29, 1.82) is 0 Å². The van der Waals surface area contributed by atoms with Gasteiger partial charge in [-0.3, -0.25) is 4.79 Å². The minimum Gasteiger partial charge on any atom is -0.355 e. The van der Waals surface area contributed by atoms with Crippen LogP contribution >= 0.6 is 11.6 Å². The third kappa shape index (κ3) is 3.70. The molecule has 0 aliphatic carbocycles. The molecule has 0 aromatic heterocycles. The molecule has 0 atom stereocenters. The van der Waals surface area contributed by atoms with Gasteiger partial charge < -0.3 is 5.32 Å². The van der Waals surface area contributed by atoms with E-state index in [1.165, 1.54) is 0 Å². The lowest BCUT2D eigenvalue weighted by Gasteiger charge is -2.00.